The molecule has 0 amide bonds. The van der Waals surface area contributed by atoms with Crippen molar-refractivity contribution < 1.29 is 4.74 Å². The molecule has 0 atom stereocenters. The number of hydrogen-bond donors (Lipinski definition) is 1. The maximum atomic E-state index is 6.26. The third-order valence-electron chi connectivity index (χ3n) is 4.04. The van der Waals surface area contributed by atoms with E-state index in [4.69, 9.17) is 16.3 Å². The van der Waals surface area contributed by atoms with Crippen molar-refractivity contribution in [3.05, 3.63) is 35.5 Å². The second-order valence-electron chi connectivity index (χ2n) is 5.39. The summed E-state index contributed by atoms with van der Waals surface area (Å²) < 4.78 is 5.33. The van der Waals surface area contributed by atoms with Crippen LogP contribution >= 0.6 is 11.6 Å². The number of ether oxygens (including phenoxy) is 1. The van der Waals surface area contributed by atoms with Gasteiger partial charge in [0.15, 0.2) is 5.82 Å². The van der Waals surface area contributed by atoms with Crippen LogP contribution in [0.1, 0.15) is 19.3 Å². The zero-order chi connectivity index (χ0) is 15.5. The molecule has 116 valence electrons. The van der Waals surface area contributed by atoms with Crippen molar-refractivity contribution in [1.82, 2.24) is 9.97 Å². The van der Waals surface area contributed by atoms with E-state index in [1.807, 2.05) is 31.3 Å². The lowest BCUT2D eigenvalue weighted by molar-refractivity contribution is 0.399. The minimum atomic E-state index is 0.509. The van der Waals surface area contributed by atoms with Crippen LogP contribution in [0, 0.1) is 0 Å². The summed E-state index contributed by atoms with van der Waals surface area (Å²) in [6.07, 6.45) is 5.28. The van der Waals surface area contributed by atoms with E-state index in [2.05, 4.69) is 20.2 Å². The minimum absolute atomic E-state index is 0.509. The van der Waals surface area contributed by atoms with Crippen LogP contribution in [0.15, 0.2) is 30.5 Å². The molecular weight excluding hydrogens is 300 g/mol. The van der Waals surface area contributed by atoms with Gasteiger partial charge in [0.2, 0.25) is 5.95 Å². The lowest BCUT2D eigenvalue weighted by Gasteiger charge is -2.35. The molecule has 0 spiro atoms. The van der Waals surface area contributed by atoms with E-state index in [0.717, 1.165) is 17.3 Å². The molecule has 1 heterocycles. The summed E-state index contributed by atoms with van der Waals surface area (Å²) >= 11 is 6.26. The maximum absolute atomic E-state index is 6.26. The Morgan fingerprint density at radius 3 is 2.77 bits per heavy atom. The number of nitrogens with one attached hydrogen (secondary N) is 1. The Labute approximate surface area is 135 Å². The molecule has 0 unspecified atom stereocenters. The molecular formula is C16H19ClN4O. The highest BCUT2D eigenvalue weighted by atomic mass is 35.5. The van der Waals surface area contributed by atoms with Gasteiger partial charge in [-0.05, 0) is 31.4 Å². The Bertz CT molecular complexity index is 660. The molecule has 1 N–H and O–H groups in total. The van der Waals surface area contributed by atoms with E-state index in [1.54, 1.807) is 13.3 Å². The fourth-order valence-corrected chi connectivity index (χ4v) is 2.71. The van der Waals surface area contributed by atoms with Gasteiger partial charge in [0.1, 0.15) is 10.8 Å². The summed E-state index contributed by atoms with van der Waals surface area (Å²) in [7, 11) is 3.67. The topological polar surface area (TPSA) is 50.3 Å². The van der Waals surface area contributed by atoms with Crippen LogP contribution in [0.2, 0.25) is 5.02 Å². The predicted molar refractivity (Wildman–Crippen MR) is 89.4 cm³/mol. The molecule has 2 aromatic rings. The van der Waals surface area contributed by atoms with Crippen molar-refractivity contribution >= 4 is 29.1 Å². The standard InChI is InChI=1S/C16H19ClN4O/c1-21(11-6-5-7-11)15-12(17)10-18-16(20-15)19-13-8-3-4-9-14(13)22-2/h3-4,8-11H,5-7H2,1-2H3,(H,18,19,20). The van der Waals surface area contributed by atoms with Crippen LogP contribution in [-0.4, -0.2) is 30.2 Å². The molecule has 1 aromatic heterocycles. The van der Waals surface area contributed by atoms with Crippen LogP contribution in [0.25, 0.3) is 0 Å². The van der Waals surface area contributed by atoms with Gasteiger partial charge in [-0.3, -0.25) is 0 Å². The van der Waals surface area contributed by atoms with Crippen LogP contribution in [-0.2, 0) is 0 Å². The van der Waals surface area contributed by atoms with Crippen molar-refractivity contribution in [2.45, 2.75) is 25.3 Å². The van der Waals surface area contributed by atoms with Gasteiger partial charge in [-0.1, -0.05) is 23.7 Å². The average molecular weight is 319 g/mol. The van der Waals surface area contributed by atoms with Gasteiger partial charge < -0.3 is 15.0 Å². The lowest BCUT2D eigenvalue weighted by Crippen LogP contribution is -2.37. The molecule has 1 fully saturated rings. The normalized spacial score (nSPS) is 14.3. The Kier molecular flexibility index (Phi) is 4.34. The molecule has 0 aliphatic heterocycles. The number of anilines is 3. The first-order valence-electron chi connectivity index (χ1n) is 7.34. The molecule has 1 aliphatic carbocycles. The second kappa shape index (κ2) is 6.40. The van der Waals surface area contributed by atoms with Crippen molar-refractivity contribution in [2.24, 2.45) is 0 Å². The highest BCUT2D eigenvalue weighted by molar-refractivity contribution is 6.32. The van der Waals surface area contributed by atoms with Gasteiger partial charge in [0.25, 0.3) is 0 Å². The van der Waals surface area contributed by atoms with Crippen LogP contribution in [0.5, 0.6) is 5.75 Å². The van der Waals surface area contributed by atoms with E-state index in [0.29, 0.717) is 17.0 Å². The first kappa shape index (κ1) is 14.9. The Balaban J connectivity index is 1.85. The number of halogens is 1. The zero-order valence-corrected chi connectivity index (χ0v) is 13.5. The third-order valence-corrected chi connectivity index (χ3v) is 4.30. The molecule has 22 heavy (non-hydrogen) atoms. The highest BCUT2D eigenvalue weighted by Crippen LogP contribution is 2.32. The van der Waals surface area contributed by atoms with Gasteiger partial charge >= 0.3 is 0 Å². The fourth-order valence-electron chi connectivity index (χ4n) is 2.48. The summed E-state index contributed by atoms with van der Waals surface area (Å²) in [6, 6.07) is 8.18. The van der Waals surface area contributed by atoms with Crippen LogP contribution in [0.4, 0.5) is 17.5 Å². The number of hydrogen-bond acceptors (Lipinski definition) is 5. The van der Waals surface area contributed by atoms with E-state index in [9.17, 15) is 0 Å². The van der Waals surface area contributed by atoms with E-state index in [-0.39, 0.29) is 0 Å². The molecule has 0 saturated heterocycles. The summed E-state index contributed by atoms with van der Waals surface area (Å²) in [6.45, 7) is 0. The summed E-state index contributed by atoms with van der Waals surface area (Å²) in [5.41, 5.74) is 0.824. The number of rotatable bonds is 5. The van der Waals surface area contributed by atoms with Crippen molar-refractivity contribution in [3.63, 3.8) is 0 Å². The summed E-state index contributed by atoms with van der Waals surface area (Å²) in [4.78, 5) is 11.0. The van der Waals surface area contributed by atoms with Crippen molar-refractivity contribution in [2.75, 3.05) is 24.4 Å². The predicted octanol–water partition coefficient (Wildman–Crippen LogP) is 3.87. The molecule has 1 saturated carbocycles. The first-order valence-corrected chi connectivity index (χ1v) is 7.72. The Morgan fingerprint density at radius 2 is 2.09 bits per heavy atom. The molecule has 3 rings (SSSR count). The quantitative estimate of drug-likeness (QED) is 0.907. The fraction of sp³-hybridized carbons (Fsp3) is 0.375. The number of aromatic nitrogens is 2. The van der Waals surface area contributed by atoms with Gasteiger partial charge in [0.05, 0.1) is 19.0 Å². The average Bonchev–Trinajstić information content (AvgIpc) is 2.48. The number of nitrogens with zero attached hydrogens (tertiary/aromatic N) is 3. The first-order chi connectivity index (χ1) is 10.7. The molecule has 5 nitrogen and oxygen atoms in total. The van der Waals surface area contributed by atoms with E-state index in [1.165, 1.54) is 19.3 Å². The third kappa shape index (κ3) is 2.95. The smallest absolute Gasteiger partial charge is 0.229 e. The molecule has 0 bridgehead atoms. The molecule has 0 radical (unpaired) electrons. The van der Waals surface area contributed by atoms with Gasteiger partial charge in [-0.2, -0.15) is 4.98 Å². The summed E-state index contributed by atoms with van der Waals surface area (Å²) in [5, 5.41) is 3.76. The number of methoxy groups -OCH3 is 1. The van der Waals surface area contributed by atoms with Crippen molar-refractivity contribution in [3.8, 4) is 5.75 Å². The van der Waals surface area contributed by atoms with Gasteiger partial charge in [-0.25, -0.2) is 4.98 Å². The van der Waals surface area contributed by atoms with Crippen LogP contribution < -0.4 is 15.0 Å². The lowest BCUT2D eigenvalue weighted by atomic mass is 9.92. The second-order valence-corrected chi connectivity index (χ2v) is 5.79. The van der Waals surface area contributed by atoms with Gasteiger partial charge in [0, 0.05) is 13.1 Å². The van der Waals surface area contributed by atoms with E-state index >= 15 is 0 Å². The van der Waals surface area contributed by atoms with Gasteiger partial charge in [-0.15, -0.1) is 0 Å². The summed E-state index contributed by atoms with van der Waals surface area (Å²) in [5.74, 6) is 2.02. The van der Waals surface area contributed by atoms with Crippen LogP contribution in [0.3, 0.4) is 0 Å². The minimum Gasteiger partial charge on any atom is -0.495 e. The Morgan fingerprint density at radius 1 is 1.32 bits per heavy atom. The number of para-hydroxylation sites is 2. The Hall–Kier alpha value is -2.01. The number of benzene rings is 1. The monoisotopic (exact) mass is 318 g/mol. The highest BCUT2D eigenvalue weighted by Gasteiger charge is 2.25. The zero-order valence-electron chi connectivity index (χ0n) is 12.7. The SMILES string of the molecule is COc1ccccc1Nc1ncc(Cl)c(N(C)C2CCC2)n1. The molecule has 1 aromatic carbocycles. The maximum Gasteiger partial charge on any atom is 0.229 e. The molecule has 6 heteroatoms. The molecule has 1 aliphatic rings. The van der Waals surface area contributed by atoms with E-state index < -0.39 is 0 Å². The largest absolute Gasteiger partial charge is 0.495 e. The van der Waals surface area contributed by atoms with Crippen molar-refractivity contribution in [1.29, 1.82) is 0 Å².